The highest BCUT2D eigenvalue weighted by Crippen LogP contribution is 2.33. The van der Waals surface area contributed by atoms with Crippen molar-refractivity contribution in [1.82, 2.24) is 19.6 Å². The van der Waals surface area contributed by atoms with Crippen molar-refractivity contribution < 1.29 is 50.8 Å². The minimum atomic E-state index is -3.59. The topological polar surface area (TPSA) is 206 Å². The first-order valence-corrected chi connectivity index (χ1v) is 24.4. The Hall–Kier alpha value is -6.24. The van der Waals surface area contributed by atoms with E-state index in [9.17, 15) is 36.6 Å². The number of aliphatic hydroxyl groups excluding tert-OH is 2. The van der Waals surface area contributed by atoms with Gasteiger partial charge in [0.2, 0.25) is 0 Å². The van der Waals surface area contributed by atoms with Gasteiger partial charge in [-0.2, -0.15) is 10.2 Å². The Balaban J connectivity index is 1.14. The normalized spacial score (nSPS) is 12.0. The van der Waals surface area contributed by atoms with E-state index in [1.165, 1.54) is 15.4 Å². The molecule has 0 unspecified atom stereocenters. The molecule has 0 amide bonds. The molecule has 0 aliphatic carbocycles. The van der Waals surface area contributed by atoms with Crippen molar-refractivity contribution in [3.05, 3.63) is 126 Å². The lowest BCUT2D eigenvalue weighted by Gasteiger charge is -2.23. The number of allylic oxidation sites excluding steroid dienone is 1. The van der Waals surface area contributed by atoms with Crippen LogP contribution in [0.4, 0.5) is 0 Å². The minimum absolute atomic E-state index is 0.0167. The summed E-state index contributed by atoms with van der Waals surface area (Å²) in [5.41, 5.74) is 6.93. The summed E-state index contributed by atoms with van der Waals surface area (Å²) in [6, 6.07) is 28.1. The molecule has 15 nitrogen and oxygen atoms in total. The van der Waals surface area contributed by atoms with Gasteiger partial charge in [-0.05, 0) is 102 Å². The molecule has 6 rings (SSSR count). The Morgan fingerprint density at radius 2 is 1.06 bits per heavy atom. The zero-order valence-electron chi connectivity index (χ0n) is 37.1. The quantitative estimate of drug-likeness (QED) is 0.0647. The van der Waals surface area contributed by atoms with E-state index in [1.54, 1.807) is 37.3 Å². The first-order valence-electron chi connectivity index (χ1n) is 20.6. The van der Waals surface area contributed by atoms with Crippen LogP contribution in [0.2, 0.25) is 0 Å². The zero-order valence-corrected chi connectivity index (χ0v) is 38.7. The summed E-state index contributed by atoms with van der Waals surface area (Å²) < 4.78 is 69.7. The molecule has 0 aliphatic rings. The van der Waals surface area contributed by atoms with Gasteiger partial charge in [-0.1, -0.05) is 79.4 Å². The van der Waals surface area contributed by atoms with Gasteiger partial charge >= 0.3 is 11.9 Å². The maximum absolute atomic E-state index is 13.2. The molecule has 65 heavy (non-hydrogen) atoms. The first-order chi connectivity index (χ1) is 30.7. The maximum Gasteiger partial charge on any atom is 0.327 e. The van der Waals surface area contributed by atoms with Gasteiger partial charge < -0.3 is 24.4 Å². The number of carbonyl (C=O) groups excluding carboxylic acids is 2. The van der Waals surface area contributed by atoms with Crippen LogP contribution < -0.4 is 0 Å². The maximum atomic E-state index is 13.2. The van der Waals surface area contributed by atoms with Crippen LogP contribution in [-0.4, -0.2) is 90.9 Å². The molecule has 0 atom stereocenters. The average molecular weight is 925 g/mol. The van der Waals surface area contributed by atoms with Crippen molar-refractivity contribution in [3.8, 4) is 44.8 Å². The molecule has 0 aliphatic heterocycles. The van der Waals surface area contributed by atoms with Crippen LogP contribution in [0.15, 0.2) is 113 Å². The van der Waals surface area contributed by atoms with Gasteiger partial charge in [0, 0.05) is 12.5 Å². The van der Waals surface area contributed by atoms with Gasteiger partial charge in [0.25, 0.3) is 0 Å². The average Bonchev–Trinajstić information content (AvgIpc) is 3.89. The van der Waals surface area contributed by atoms with Crippen LogP contribution in [-0.2, 0) is 75.4 Å². The highest BCUT2D eigenvalue weighted by atomic mass is 32.2. The standard InChI is InChI=1S/C48H52N4O11S2/c1-8-61-46(55)27-52-42(35-15-11-33(12-16-35)37-18-20-39(30-54)44(24-37)65(7,59)60)26-45(50-52)48(4,5)63-22-21-62-47(56)28-51-41(25-40(49-51)31(2)3)34-13-9-32(10-14-34)36-17-19-38(29-53)43(23-36)64(6,57)58/h9-20,23-26,53-54H,2,8,21-22,27-30H2,1,3-7H3. The third kappa shape index (κ3) is 11.5. The summed E-state index contributed by atoms with van der Waals surface area (Å²) in [4.78, 5) is 26.0. The monoisotopic (exact) mass is 924 g/mol. The molecule has 0 radical (unpaired) electrons. The van der Waals surface area contributed by atoms with E-state index in [-0.39, 0.29) is 42.7 Å². The lowest BCUT2D eigenvalue weighted by atomic mass is 10.0. The lowest BCUT2D eigenvalue weighted by molar-refractivity contribution is -0.148. The van der Waals surface area contributed by atoms with E-state index in [4.69, 9.17) is 19.3 Å². The van der Waals surface area contributed by atoms with Gasteiger partial charge in [-0.3, -0.25) is 19.0 Å². The van der Waals surface area contributed by atoms with E-state index in [0.29, 0.717) is 50.6 Å². The van der Waals surface area contributed by atoms with Gasteiger partial charge in [-0.15, -0.1) is 0 Å². The molecule has 0 bridgehead atoms. The molecule has 17 heteroatoms. The number of nitrogens with zero attached hydrogens (tertiary/aromatic N) is 4. The molecular formula is C48H52N4O11S2. The van der Waals surface area contributed by atoms with E-state index >= 15 is 0 Å². The Labute approximate surface area is 378 Å². The van der Waals surface area contributed by atoms with Crippen molar-refractivity contribution in [2.24, 2.45) is 0 Å². The fourth-order valence-corrected chi connectivity index (χ4v) is 9.05. The number of esters is 2. The number of ether oxygens (including phenoxy) is 3. The summed E-state index contributed by atoms with van der Waals surface area (Å²) in [6.07, 6.45) is 2.20. The van der Waals surface area contributed by atoms with E-state index in [2.05, 4.69) is 11.7 Å². The molecular weight excluding hydrogens is 873 g/mol. The molecule has 0 saturated carbocycles. The summed E-state index contributed by atoms with van der Waals surface area (Å²) in [5.74, 6) is -1.04. The summed E-state index contributed by atoms with van der Waals surface area (Å²) in [5, 5.41) is 28.7. The second-order valence-electron chi connectivity index (χ2n) is 16.0. The van der Waals surface area contributed by atoms with Crippen molar-refractivity contribution >= 4 is 37.2 Å². The fourth-order valence-electron chi connectivity index (χ4n) is 7.15. The van der Waals surface area contributed by atoms with Crippen molar-refractivity contribution in [3.63, 3.8) is 0 Å². The first kappa shape index (κ1) is 48.2. The largest absolute Gasteiger partial charge is 0.465 e. The number of carbonyl (C=O) groups is 2. The van der Waals surface area contributed by atoms with Gasteiger partial charge in [0.05, 0.1) is 59.0 Å². The summed E-state index contributed by atoms with van der Waals surface area (Å²) in [6.45, 7) is 10.1. The third-order valence-electron chi connectivity index (χ3n) is 10.6. The Morgan fingerprint density at radius 1 is 0.631 bits per heavy atom. The SMILES string of the molecule is C=C(C)c1cc(-c2ccc(-c3ccc(CO)c(S(C)(=O)=O)c3)cc2)n(CC(=O)OCCOC(C)(C)c2cc(-c3ccc(-c4ccc(CO)c(S(C)(=O)=O)c4)cc3)n(CC(=O)OCC)n2)n1. The number of sulfone groups is 2. The minimum Gasteiger partial charge on any atom is -0.465 e. The molecule has 0 fully saturated rings. The number of rotatable bonds is 19. The predicted molar refractivity (Wildman–Crippen MR) is 246 cm³/mol. The van der Waals surface area contributed by atoms with Crippen LogP contribution in [0.5, 0.6) is 0 Å². The van der Waals surface area contributed by atoms with Crippen LogP contribution in [0.1, 0.15) is 50.2 Å². The third-order valence-corrected chi connectivity index (χ3v) is 12.9. The Morgan fingerprint density at radius 3 is 1.51 bits per heavy atom. The summed E-state index contributed by atoms with van der Waals surface area (Å²) in [7, 11) is -7.16. The van der Waals surface area contributed by atoms with E-state index in [1.807, 2.05) is 81.4 Å². The van der Waals surface area contributed by atoms with E-state index in [0.717, 1.165) is 34.8 Å². The smallest absolute Gasteiger partial charge is 0.327 e. The van der Waals surface area contributed by atoms with Gasteiger partial charge in [0.15, 0.2) is 19.7 Å². The molecule has 0 saturated heterocycles. The van der Waals surface area contributed by atoms with Gasteiger partial charge in [0.1, 0.15) is 25.3 Å². The van der Waals surface area contributed by atoms with Crippen molar-refractivity contribution in [2.45, 2.75) is 69.4 Å². The van der Waals surface area contributed by atoms with E-state index < -0.39 is 50.4 Å². The lowest BCUT2D eigenvalue weighted by Crippen LogP contribution is -2.26. The highest BCUT2D eigenvalue weighted by Gasteiger charge is 2.28. The molecule has 2 aromatic heterocycles. The Kier molecular flexibility index (Phi) is 14.7. The number of hydrogen-bond acceptors (Lipinski definition) is 13. The molecule has 342 valence electrons. The predicted octanol–water partition coefficient (Wildman–Crippen LogP) is 6.63. The van der Waals surface area contributed by atoms with Crippen LogP contribution >= 0.6 is 0 Å². The number of benzene rings is 4. The zero-order chi connectivity index (χ0) is 47.3. The molecule has 0 spiro atoms. The molecule has 2 heterocycles. The van der Waals surface area contributed by atoms with Crippen molar-refractivity contribution in [2.75, 3.05) is 32.3 Å². The number of hydrogen-bond donors (Lipinski definition) is 2. The molecule has 4 aromatic carbocycles. The fraction of sp³-hybridized carbons (Fsp3) is 0.292. The number of aromatic nitrogens is 4. The molecule has 6 aromatic rings. The van der Waals surface area contributed by atoms with Crippen LogP contribution in [0.25, 0.3) is 50.3 Å². The number of aliphatic hydroxyl groups is 2. The van der Waals surface area contributed by atoms with Crippen LogP contribution in [0.3, 0.4) is 0 Å². The molecule has 2 N–H and O–H groups in total. The second-order valence-corrected chi connectivity index (χ2v) is 19.9. The van der Waals surface area contributed by atoms with Crippen molar-refractivity contribution in [1.29, 1.82) is 0 Å². The van der Waals surface area contributed by atoms with Gasteiger partial charge in [-0.25, -0.2) is 16.8 Å². The summed E-state index contributed by atoms with van der Waals surface area (Å²) >= 11 is 0. The van der Waals surface area contributed by atoms with Crippen LogP contribution in [0, 0.1) is 0 Å². The second kappa shape index (κ2) is 19.9. The highest BCUT2D eigenvalue weighted by molar-refractivity contribution is 7.91. The Bertz CT molecular complexity index is 2950.